The number of para-hydroxylation sites is 1. The van der Waals surface area contributed by atoms with Gasteiger partial charge >= 0.3 is 5.97 Å². The van der Waals surface area contributed by atoms with E-state index in [1.54, 1.807) is 6.07 Å². The van der Waals surface area contributed by atoms with E-state index in [0.717, 1.165) is 5.56 Å². The van der Waals surface area contributed by atoms with E-state index >= 15 is 0 Å². The van der Waals surface area contributed by atoms with Gasteiger partial charge in [-0.05, 0) is 6.07 Å². The third-order valence-corrected chi connectivity index (χ3v) is 2.26. The first-order valence-electron chi connectivity index (χ1n) is 5.83. The lowest BCUT2D eigenvalue weighted by molar-refractivity contribution is -0.142. The van der Waals surface area contributed by atoms with Crippen LogP contribution in [0.3, 0.4) is 0 Å². The van der Waals surface area contributed by atoms with E-state index in [4.69, 9.17) is 4.74 Å². The van der Waals surface area contributed by atoms with Crippen molar-refractivity contribution < 1.29 is 19.1 Å². The second-order valence-corrected chi connectivity index (χ2v) is 3.74. The van der Waals surface area contributed by atoms with Crippen molar-refractivity contribution in [3.8, 4) is 5.75 Å². The van der Waals surface area contributed by atoms with E-state index in [-0.39, 0.29) is 12.5 Å². The molecule has 5 nitrogen and oxygen atoms in total. The van der Waals surface area contributed by atoms with Crippen LogP contribution in [0.5, 0.6) is 5.75 Å². The Kier molecular flexibility index (Phi) is 6.15. The van der Waals surface area contributed by atoms with Gasteiger partial charge < -0.3 is 14.8 Å². The molecular formula is C14H17NO4. The standard InChI is InChI=1S/C14H17NO4/c1-11(16)15-9-5-7-12-6-3-4-8-13(12)19-10-14(17)18-2/h3-8H,9-10H2,1-2H3,(H,15,16). The van der Waals surface area contributed by atoms with Crippen LogP contribution in [0.4, 0.5) is 0 Å². The van der Waals surface area contributed by atoms with Crippen molar-refractivity contribution in [1.82, 2.24) is 5.32 Å². The number of esters is 1. The third kappa shape index (κ3) is 5.72. The summed E-state index contributed by atoms with van der Waals surface area (Å²) in [5.74, 6) is 0.0730. The number of benzene rings is 1. The molecule has 1 rings (SSSR count). The van der Waals surface area contributed by atoms with Crippen LogP contribution in [0.25, 0.3) is 6.08 Å². The van der Waals surface area contributed by atoms with Crippen molar-refractivity contribution in [2.45, 2.75) is 6.92 Å². The zero-order chi connectivity index (χ0) is 14.1. The molecule has 0 saturated heterocycles. The fourth-order valence-electron chi connectivity index (χ4n) is 1.33. The van der Waals surface area contributed by atoms with Crippen LogP contribution in [0, 0.1) is 0 Å². The molecule has 19 heavy (non-hydrogen) atoms. The molecule has 1 amide bonds. The Morgan fingerprint density at radius 1 is 1.32 bits per heavy atom. The number of carbonyl (C=O) groups excluding carboxylic acids is 2. The maximum Gasteiger partial charge on any atom is 0.343 e. The summed E-state index contributed by atoms with van der Waals surface area (Å²) in [6, 6.07) is 7.30. The Bertz CT molecular complexity index is 468. The van der Waals surface area contributed by atoms with Crippen molar-refractivity contribution in [1.29, 1.82) is 0 Å². The predicted octanol–water partition coefficient (Wildman–Crippen LogP) is 1.39. The summed E-state index contributed by atoms with van der Waals surface area (Å²) in [6.07, 6.45) is 3.63. The Morgan fingerprint density at radius 3 is 2.74 bits per heavy atom. The van der Waals surface area contributed by atoms with Crippen LogP contribution < -0.4 is 10.1 Å². The molecule has 0 fully saturated rings. The summed E-state index contributed by atoms with van der Waals surface area (Å²) in [4.78, 5) is 21.7. The van der Waals surface area contributed by atoms with Gasteiger partial charge in [0.15, 0.2) is 6.61 Å². The smallest absolute Gasteiger partial charge is 0.343 e. The van der Waals surface area contributed by atoms with E-state index in [1.807, 2.05) is 30.4 Å². The van der Waals surface area contributed by atoms with Gasteiger partial charge in [0.05, 0.1) is 7.11 Å². The molecular weight excluding hydrogens is 246 g/mol. The SMILES string of the molecule is COC(=O)COc1ccccc1C=CCNC(C)=O. The van der Waals surface area contributed by atoms with Crippen molar-refractivity contribution in [2.75, 3.05) is 20.3 Å². The number of nitrogens with one attached hydrogen (secondary N) is 1. The first-order chi connectivity index (χ1) is 9.13. The highest BCUT2D eigenvalue weighted by molar-refractivity contribution is 5.73. The van der Waals surface area contributed by atoms with Gasteiger partial charge in [0.25, 0.3) is 0 Å². The Hall–Kier alpha value is -2.30. The van der Waals surface area contributed by atoms with E-state index in [2.05, 4.69) is 10.1 Å². The largest absolute Gasteiger partial charge is 0.481 e. The van der Waals surface area contributed by atoms with E-state index in [9.17, 15) is 9.59 Å². The highest BCUT2D eigenvalue weighted by Gasteiger charge is 2.04. The van der Waals surface area contributed by atoms with Gasteiger partial charge in [0.1, 0.15) is 5.75 Å². The molecule has 0 unspecified atom stereocenters. The van der Waals surface area contributed by atoms with Gasteiger partial charge in [-0.3, -0.25) is 4.79 Å². The Labute approximate surface area is 112 Å². The van der Waals surface area contributed by atoms with E-state index in [0.29, 0.717) is 12.3 Å². The molecule has 0 saturated carbocycles. The average Bonchev–Trinajstić information content (AvgIpc) is 2.41. The monoisotopic (exact) mass is 263 g/mol. The lowest BCUT2D eigenvalue weighted by Gasteiger charge is -2.07. The molecule has 5 heteroatoms. The molecule has 1 N–H and O–H groups in total. The zero-order valence-corrected chi connectivity index (χ0v) is 11.0. The normalized spacial score (nSPS) is 10.2. The van der Waals surface area contributed by atoms with Gasteiger partial charge in [0.2, 0.25) is 5.91 Å². The van der Waals surface area contributed by atoms with Crippen molar-refractivity contribution in [3.63, 3.8) is 0 Å². The number of ether oxygens (including phenoxy) is 2. The van der Waals surface area contributed by atoms with Crippen LogP contribution in [-0.2, 0) is 14.3 Å². The van der Waals surface area contributed by atoms with Gasteiger partial charge in [-0.25, -0.2) is 4.79 Å². The molecule has 0 heterocycles. The minimum Gasteiger partial charge on any atom is -0.481 e. The molecule has 1 aromatic rings. The maximum atomic E-state index is 11.0. The van der Waals surface area contributed by atoms with E-state index < -0.39 is 5.97 Å². The zero-order valence-electron chi connectivity index (χ0n) is 11.0. The van der Waals surface area contributed by atoms with Crippen LogP contribution >= 0.6 is 0 Å². The fraction of sp³-hybridized carbons (Fsp3) is 0.286. The molecule has 1 aromatic carbocycles. The molecule has 0 spiro atoms. The highest BCUT2D eigenvalue weighted by atomic mass is 16.6. The summed E-state index contributed by atoms with van der Waals surface area (Å²) >= 11 is 0. The van der Waals surface area contributed by atoms with Crippen molar-refractivity contribution >= 4 is 18.0 Å². The Balaban J connectivity index is 2.62. The lowest BCUT2D eigenvalue weighted by Crippen LogP contribution is -2.19. The molecule has 0 aliphatic carbocycles. The molecule has 0 aromatic heterocycles. The van der Waals surface area contributed by atoms with Crippen LogP contribution in [0.15, 0.2) is 30.3 Å². The summed E-state index contributed by atoms with van der Waals surface area (Å²) in [5.41, 5.74) is 0.830. The quantitative estimate of drug-likeness (QED) is 0.788. The molecule has 0 bridgehead atoms. The first-order valence-corrected chi connectivity index (χ1v) is 5.83. The summed E-state index contributed by atoms with van der Waals surface area (Å²) in [6.45, 7) is 1.77. The molecule has 0 aliphatic rings. The number of rotatable bonds is 6. The molecule has 0 atom stereocenters. The number of amides is 1. The molecule has 0 aliphatic heterocycles. The van der Waals surface area contributed by atoms with Gasteiger partial charge in [0, 0.05) is 19.0 Å². The number of hydrogen-bond acceptors (Lipinski definition) is 4. The molecule has 102 valence electrons. The Morgan fingerprint density at radius 2 is 2.05 bits per heavy atom. The van der Waals surface area contributed by atoms with Gasteiger partial charge in [-0.1, -0.05) is 30.4 Å². The van der Waals surface area contributed by atoms with Crippen LogP contribution in [0.2, 0.25) is 0 Å². The molecule has 0 radical (unpaired) electrons. The summed E-state index contributed by atoms with van der Waals surface area (Å²) in [5, 5.41) is 2.65. The van der Waals surface area contributed by atoms with Crippen LogP contribution in [-0.4, -0.2) is 32.1 Å². The number of hydrogen-bond donors (Lipinski definition) is 1. The number of methoxy groups -OCH3 is 1. The minimum absolute atomic E-state index is 0.0834. The highest BCUT2D eigenvalue weighted by Crippen LogP contribution is 2.19. The average molecular weight is 263 g/mol. The predicted molar refractivity (Wildman–Crippen MR) is 71.7 cm³/mol. The van der Waals surface area contributed by atoms with Gasteiger partial charge in [-0.2, -0.15) is 0 Å². The van der Waals surface area contributed by atoms with Gasteiger partial charge in [-0.15, -0.1) is 0 Å². The lowest BCUT2D eigenvalue weighted by atomic mass is 10.2. The summed E-state index contributed by atoms with van der Waals surface area (Å²) in [7, 11) is 1.31. The topological polar surface area (TPSA) is 64.6 Å². The second-order valence-electron chi connectivity index (χ2n) is 3.74. The summed E-state index contributed by atoms with van der Waals surface area (Å²) < 4.78 is 9.86. The second kappa shape index (κ2) is 7.92. The van der Waals surface area contributed by atoms with Crippen molar-refractivity contribution in [3.05, 3.63) is 35.9 Å². The van der Waals surface area contributed by atoms with Crippen molar-refractivity contribution in [2.24, 2.45) is 0 Å². The maximum absolute atomic E-state index is 11.0. The fourth-order valence-corrected chi connectivity index (χ4v) is 1.33. The van der Waals surface area contributed by atoms with E-state index in [1.165, 1.54) is 14.0 Å². The first kappa shape index (κ1) is 14.8. The number of carbonyl (C=O) groups is 2. The minimum atomic E-state index is -0.433. The third-order valence-electron chi connectivity index (χ3n) is 2.26. The van der Waals surface area contributed by atoms with Crippen LogP contribution in [0.1, 0.15) is 12.5 Å².